The summed E-state index contributed by atoms with van der Waals surface area (Å²) in [5.74, 6) is -0.597. The van der Waals surface area contributed by atoms with Crippen molar-refractivity contribution < 1.29 is 9.18 Å². The van der Waals surface area contributed by atoms with Crippen molar-refractivity contribution >= 4 is 5.91 Å². The zero-order valence-corrected chi connectivity index (χ0v) is 10.1. The minimum absolute atomic E-state index is 0.0527. The Morgan fingerprint density at radius 2 is 1.94 bits per heavy atom. The molecule has 5 heteroatoms. The summed E-state index contributed by atoms with van der Waals surface area (Å²) < 4.78 is 12.9. The summed E-state index contributed by atoms with van der Waals surface area (Å²) in [6.45, 7) is 4.84. The van der Waals surface area contributed by atoms with Crippen molar-refractivity contribution in [1.29, 1.82) is 0 Å². The van der Waals surface area contributed by atoms with Crippen LogP contribution in [-0.4, -0.2) is 53.9 Å². The molecule has 1 aliphatic heterocycles. The van der Waals surface area contributed by atoms with Crippen LogP contribution in [0, 0.1) is 12.9 Å². The molecular formula is C12H16FN3O. The molecule has 0 unspecified atom stereocenters. The Bertz CT molecular complexity index is 428. The summed E-state index contributed by atoms with van der Waals surface area (Å²) in [6, 6.07) is 2.74. The second-order valence-electron chi connectivity index (χ2n) is 4.36. The van der Waals surface area contributed by atoms with E-state index < -0.39 is 5.95 Å². The topological polar surface area (TPSA) is 36.4 Å². The number of likely N-dealkylation sites (N-methyl/N-ethyl adjacent to an activating group) is 1. The van der Waals surface area contributed by atoms with E-state index in [1.165, 1.54) is 12.1 Å². The monoisotopic (exact) mass is 237 g/mol. The summed E-state index contributed by atoms with van der Waals surface area (Å²) in [6.07, 6.45) is 0. The fourth-order valence-corrected chi connectivity index (χ4v) is 1.94. The number of carbonyl (C=O) groups is 1. The van der Waals surface area contributed by atoms with Gasteiger partial charge in [0.15, 0.2) is 0 Å². The van der Waals surface area contributed by atoms with Crippen LogP contribution in [0.5, 0.6) is 0 Å². The average molecular weight is 237 g/mol. The Hall–Kier alpha value is -1.49. The molecule has 0 saturated carbocycles. The molecule has 0 spiro atoms. The minimum Gasteiger partial charge on any atom is -0.336 e. The molecule has 0 aromatic carbocycles. The van der Waals surface area contributed by atoms with Gasteiger partial charge in [-0.2, -0.15) is 4.39 Å². The van der Waals surface area contributed by atoms with Crippen LogP contribution in [0.15, 0.2) is 12.1 Å². The zero-order chi connectivity index (χ0) is 12.4. The molecule has 2 heterocycles. The first kappa shape index (κ1) is 12.0. The first-order valence-electron chi connectivity index (χ1n) is 5.69. The fraction of sp³-hybridized carbons (Fsp3) is 0.500. The number of halogens is 1. The van der Waals surface area contributed by atoms with Gasteiger partial charge in [0.1, 0.15) is 0 Å². The zero-order valence-electron chi connectivity index (χ0n) is 10.1. The Balaban J connectivity index is 2.14. The second kappa shape index (κ2) is 4.79. The van der Waals surface area contributed by atoms with Gasteiger partial charge in [0.2, 0.25) is 5.95 Å². The van der Waals surface area contributed by atoms with E-state index in [2.05, 4.69) is 9.88 Å². The summed E-state index contributed by atoms with van der Waals surface area (Å²) >= 11 is 0. The third-order valence-electron chi connectivity index (χ3n) is 3.07. The van der Waals surface area contributed by atoms with Gasteiger partial charge in [-0.3, -0.25) is 4.79 Å². The van der Waals surface area contributed by atoms with Crippen LogP contribution in [0.2, 0.25) is 0 Å². The third-order valence-corrected chi connectivity index (χ3v) is 3.07. The summed E-state index contributed by atoms with van der Waals surface area (Å²) in [5, 5.41) is 0. The molecule has 1 amide bonds. The Labute approximate surface area is 100 Å². The predicted octanol–water partition coefficient (Wildman–Crippen LogP) is 0.917. The molecule has 0 atom stereocenters. The highest BCUT2D eigenvalue weighted by atomic mass is 19.1. The van der Waals surface area contributed by atoms with Crippen molar-refractivity contribution in [2.45, 2.75) is 6.92 Å². The Kier molecular flexibility index (Phi) is 3.38. The van der Waals surface area contributed by atoms with Crippen LogP contribution in [-0.2, 0) is 0 Å². The minimum atomic E-state index is -0.544. The van der Waals surface area contributed by atoms with Crippen LogP contribution in [0.3, 0.4) is 0 Å². The molecule has 92 valence electrons. The van der Waals surface area contributed by atoms with E-state index in [4.69, 9.17) is 0 Å². The van der Waals surface area contributed by atoms with Crippen molar-refractivity contribution in [2.24, 2.45) is 0 Å². The summed E-state index contributed by atoms with van der Waals surface area (Å²) in [4.78, 5) is 19.8. The van der Waals surface area contributed by atoms with E-state index in [1.807, 2.05) is 7.05 Å². The van der Waals surface area contributed by atoms with Gasteiger partial charge in [0.05, 0.1) is 11.3 Å². The van der Waals surface area contributed by atoms with Gasteiger partial charge in [-0.15, -0.1) is 0 Å². The number of carbonyl (C=O) groups excluding carboxylic acids is 1. The molecule has 1 aliphatic rings. The largest absolute Gasteiger partial charge is 0.336 e. The molecule has 1 aromatic rings. The smallest absolute Gasteiger partial charge is 0.255 e. The number of piperazine rings is 1. The van der Waals surface area contributed by atoms with Crippen molar-refractivity contribution in [3.05, 3.63) is 29.3 Å². The lowest BCUT2D eigenvalue weighted by molar-refractivity contribution is 0.0662. The average Bonchev–Trinajstić information content (AvgIpc) is 2.29. The first-order chi connectivity index (χ1) is 8.08. The van der Waals surface area contributed by atoms with Crippen LogP contribution in [0.4, 0.5) is 4.39 Å². The lowest BCUT2D eigenvalue weighted by atomic mass is 10.1. The van der Waals surface area contributed by atoms with Crippen molar-refractivity contribution in [3.63, 3.8) is 0 Å². The van der Waals surface area contributed by atoms with Crippen molar-refractivity contribution in [2.75, 3.05) is 33.2 Å². The lowest BCUT2D eigenvalue weighted by Gasteiger charge is -2.32. The molecule has 0 bridgehead atoms. The van der Waals surface area contributed by atoms with Crippen LogP contribution in [0.25, 0.3) is 0 Å². The number of amides is 1. The number of aryl methyl sites for hydroxylation is 1. The van der Waals surface area contributed by atoms with Gasteiger partial charge < -0.3 is 9.80 Å². The van der Waals surface area contributed by atoms with E-state index in [0.717, 1.165) is 13.1 Å². The Morgan fingerprint density at radius 1 is 1.29 bits per heavy atom. The summed E-state index contributed by atoms with van der Waals surface area (Å²) in [5.41, 5.74) is 0.949. The van der Waals surface area contributed by atoms with E-state index >= 15 is 0 Å². The number of nitrogens with zero attached hydrogens (tertiary/aromatic N) is 3. The SMILES string of the molecule is Cc1nc(F)ccc1C(=O)N1CCN(C)CC1. The number of pyridine rings is 1. The molecular weight excluding hydrogens is 221 g/mol. The maximum atomic E-state index is 12.9. The molecule has 0 aliphatic carbocycles. The van der Waals surface area contributed by atoms with E-state index in [-0.39, 0.29) is 5.91 Å². The maximum absolute atomic E-state index is 12.9. The van der Waals surface area contributed by atoms with Gasteiger partial charge in [-0.05, 0) is 26.1 Å². The van der Waals surface area contributed by atoms with E-state index in [1.54, 1.807) is 11.8 Å². The third kappa shape index (κ3) is 2.61. The number of hydrogen-bond acceptors (Lipinski definition) is 3. The highest BCUT2D eigenvalue weighted by molar-refractivity contribution is 5.95. The van der Waals surface area contributed by atoms with Gasteiger partial charge >= 0.3 is 0 Å². The fourth-order valence-electron chi connectivity index (χ4n) is 1.94. The molecule has 2 rings (SSSR count). The van der Waals surface area contributed by atoms with E-state index in [0.29, 0.717) is 24.3 Å². The van der Waals surface area contributed by atoms with Crippen LogP contribution >= 0.6 is 0 Å². The standard InChI is InChI=1S/C12H16FN3O/c1-9-10(3-4-11(13)14-9)12(17)16-7-5-15(2)6-8-16/h3-4H,5-8H2,1-2H3. The lowest BCUT2D eigenvalue weighted by Crippen LogP contribution is -2.47. The normalized spacial score (nSPS) is 17.2. The van der Waals surface area contributed by atoms with Gasteiger partial charge in [0.25, 0.3) is 5.91 Å². The van der Waals surface area contributed by atoms with Crippen molar-refractivity contribution in [3.8, 4) is 0 Å². The summed E-state index contributed by atoms with van der Waals surface area (Å²) in [7, 11) is 2.03. The molecule has 4 nitrogen and oxygen atoms in total. The van der Waals surface area contributed by atoms with Gasteiger partial charge in [0, 0.05) is 26.2 Å². The van der Waals surface area contributed by atoms with Gasteiger partial charge in [-0.25, -0.2) is 4.98 Å². The first-order valence-corrected chi connectivity index (χ1v) is 5.69. The predicted molar refractivity (Wildman–Crippen MR) is 62.3 cm³/mol. The van der Waals surface area contributed by atoms with E-state index in [9.17, 15) is 9.18 Å². The molecule has 17 heavy (non-hydrogen) atoms. The highest BCUT2D eigenvalue weighted by Gasteiger charge is 2.21. The second-order valence-corrected chi connectivity index (χ2v) is 4.36. The van der Waals surface area contributed by atoms with Crippen molar-refractivity contribution in [1.82, 2.24) is 14.8 Å². The van der Waals surface area contributed by atoms with Crippen LogP contribution in [0.1, 0.15) is 16.1 Å². The molecule has 0 N–H and O–H groups in total. The molecule has 1 fully saturated rings. The Morgan fingerprint density at radius 3 is 2.53 bits per heavy atom. The molecule has 0 radical (unpaired) electrons. The van der Waals surface area contributed by atoms with Crippen LogP contribution < -0.4 is 0 Å². The maximum Gasteiger partial charge on any atom is 0.255 e. The number of aromatic nitrogens is 1. The van der Waals surface area contributed by atoms with Gasteiger partial charge in [-0.1, -0.05) is 0 Å². The number of rotatable bonds is 1. The molecule has 1 aromatic heterocycles. The molecule has 1 saturated heterocycles. The highest BCUT2D eigenvalue weighted by Crippen LogP contribution is 2.11. The quantitative estimate of drug-likeness (QED) is 0.681. The number of hydrogen-bond donors (Lipinski definition) is 0.